The van der Waals surface area contributed by atoms with Crippen LogP contribution < -0.4 is 4.90 Å². The maximum Gasteiger partial charge on any atom is 0.354 e. The molecule has 2 rings (SSSR count). The molecule has 0 bridgehead atoms. The number of hydrogen-bond acceptors (Lipinski definition) is 4. The van der Waals surface area contributed by atoms with Crippen molar-refractivity contribution >= 4 is 17.6 Å². The van der Waals surface area contributed by atoms with Gasteiger partial charge >= 0.3 is 5.97 Å². The van der Waals surface area contributed by atoms with Crippen molar-refractivity contribution in [1.29, 1.82) is 0 Å². The van der Waals surface area contributed by atoms with E-state index < -0.39 is 5.97 Å². The van der Waals surface area contributed by atoms with Gasteiger partial charge in [-0.05, 0) is 12.1 Å². The van der Waals surface area contributed by atoms with Gasteiger partial charge in [0.1, 0.15) is 5.69 Å². The SMILES string of the molecule is CC(=O)N1CCN(c2ccc(C(=O)O)nc2)CC1. The third kappa shape index (κ3) is 2.58. The number of amides is 1. The van der Waals surface area contributed by atoms with E-state index in [2.05, 4.69) is 9.88 Å². The lowest BCUT2D eigenvalue weighted by molar-refractivity contribution is -0.129. The molecule has 1 aliphatic heterocycles. The van der Waals surface area contributed by atoms with Gasteiger partial charge in [-0.25, -0.2) is 9.78 Å². The van der Waals surface area contributed by atoms with Gasteiger partial charge in [0.25, 0.3) is 0 Å². The van der Waals surface area contributed by atoms with Crippen LogP contribution in [0.4, 0.5) is 5.69 Å². The molecule has 96 valence electrons. The van der Waals surface area contributed by atoms with Gasteiger partial charge in [-0.15, -0.1) is 0 Å². The van der Waals surface area contributed by atoms with Gasteiger partial charge in [0, 0.05) is 33.1 Å². The molecule has 1 aromatic rings. The zero-order valence-corrected chi connectivity index (χ0v) is 10.2. The molecule has 1 aliphatic rings. The average Bonchev–Trinajstić information content (AvgIpc) is 2.39. The van der Waals surface area contributed by atoms with Crippen LogP contribution in [0.2, 0.25) is 0 Å². The average molecular weight is 249 g/mol. The third-order valence-corrected chi connectivity index (χ3v) is 3.06. The first-order valence-corrected chi connectivity index (χ1v) is 5.78. The molecule has 6 nitrogen and oxygen atoms in total. The van der Waals surface area contributed by atoms with E-state index in [-0.39, 0.29) is 11.6 Å². The highest BCUT2D eigenvalue weighted by Gasteiger charge is 2.19. The quantitative estimate of drug-likeness (QED) is 0.823. The Morgan fingerprint density at radius 2 is 1.89 bits per heavy atom. The molecule has 0 aliphatic carbocycles. The van der Waals surface area contributed by atoms with Gasteiger partial charge in [-0.3, -0.25) is 4.79 Å². The predicted molar refractivity (Wildman–Crippen MR) is 65.7 cm³/mol. The summed E-state index contributed by atoms with van der Waals surface area (Å²) in [4.78, 5) is 29.7. The van der Waals surface area contributed by atoms with Crippen molar-refractivity contribution in [3.8, 4) is 0 Å². The summed E-state index contributed by atoms with van der Waals surface area (Å²) < 4.78 is 0. The van der Waals surface area contributed by atoms with Crippen LogP contribution in [0.5, 0.6) is 0 Å². The highest BCUT2D eigenvalue weighted by molar-refractivity contribution is 5.85. The van der Waals surface area contributed by atoms with Gasteiger partial charge in [0.15, 0.2) is 0 Å². The van der Waals surface area contributed by atoms with E-state index in [0.717, 1.165) is 18.8 Å². The molecule has 0 radical (unpaired) electrons. The molecule has 18 heavy (non-hydrogen) atoms. The molecule has 1 saturated heterocycles. The molecule has 0 unspecified atom stereocenters. The van der Waals surface area contributed by atoms with Crippen molar-refractivity contribution < 1.29 is 14.7 Å². The molecule has 1 aromatic heterocycles. The fourth-order valence-electron chi connectivity index (χ4n) is 1.98. The number of piperazine rings is 1. The Morgan fingerprint density at radius 1 is 1.22 bits per heavy atom. The second kappa shape index (κ2) is 5.03. The summed E-state index contributed by atoms with van der Waals surface area (Å²) in [6.45, 7) is 4.44. The van der Waals surface area contributed by atoms with E-state index >= 15 is 0 Å². The second-order valence-electron chi connectivity index (χ2n) is 4.20. The molecule has 1 amide bonds. The van der Waals surface area contributed by atoms with Crippen LogP contribution in [-0.4, -0.2) is 53.0 Å². The van der Waals surface area contributed by atoms with Crippen LogP contribution >= 0.6 is 0 Å². The van der Waals surface area contributed by atoms with Crippen LogP contribution in [0.15, 0.2) is 18.3 Å². The number of rotatable bonds is 2. The fraction of sp³-hybridized carbons (Fsp3) is 0.417. The Morgan fingerprint density at radius 3 is 2.33 bits per heavy atom. The first-order valence-electron chi connectivity index (χ1n) is 5.78. The smallest absolute Gasteiger partial charge is 0.354 e. The number of aromatic nitrogens is 1. The predicted octanol–water partition coefficient (Wildman–Crippen LogP) is 0.448. The van der Waals surface area contributed by atoms with Crippen LogP contribution in [0.1, 0.15) is 17.4 Å². The number of nitrogens with zero attached hydrogens (tertiary/aromatic N) is 3. The molecular formula is C12H15N3O3. The minimum Gasteiger partial charge on any atom is -0.477 e. The van der Waals surface area contributed by atoms with Crippen molar-refractivity contribution in [3.63, 3.8) is 0 Å². The van der Waals surface area contributed by atoms with Crippen molar-refractivity contribution in [2.24, 2.45) is 0 Å². The minimum absolute atomic E-state index is 0.0427. The lowest BCUT2D eigenvalue weighted by Gasteiger charge is -2.35. The van der Waals surface area contributed by atoms with E-state index in [1.54, 1.807) is 24.1 Å². The van der Waals surface area contributed by atoms with Crippen molar-refractivity contribution in [2.75, 3.05) is 31.1 Å². The molecule has 0 aromatic carbocycles. The Labute approximate surface area is 105 Å². The Bertz CT molecular complexity index is 450. The molecule has 0 spiro atoms. The largest absolute Gasteiger partial charge is 0.477 e. The number of hydrogen-bond donors (Lipinski definition) is 1. The van der Waals surface area contributed by atoms with Gasteiger partial charge in [0.05, 0.1) is 11.9 Å². The molecule has 1 N–H and O–H groups in total. The Hall–Kier alpha value is -2.11. The zero-order chi connectivity index (χ0) is 13.1. The summed E-state index contributed by atoms with van der Waals surface area (Å²) in [5.74, 6) is -0.933. The summed E-state index contributed by atoms with van der Waals surface area (Å²) in [5, 5.41) is 8.76. The number of pyridine rings is 1. The zero-order valence-electron chi connectivity index (χ0n) is 10.2. The Balaban J connectivity index is 2.01. The number of aromatic carboxylic acids is 1. The molecular weight excluding hydrogens is 234 g/mol. The third-order valence-electron chi connectivity index (χ3n) is 3.06. The van der Waals surface area contributed by atoms with E-state index in [4.69, 9.17) is 5.11 Å². The lowest BCUT2D eigenvalue weighted by Crippen LogP contribution is -2.48. The number of carboxylic acids is 1. The Kier molecular flexibility index (Phi) is 3.45. The maximum atomic E-state index is 11.2. The van der Waals surface area contributed by atoms with Gasteiger partial charge in [0.2, 0.25) is 5.91 Å². The van der Waals surface area contributed by atoms with Crippen LogP contribution in [0.3, 0.4) is 0 Å². The molecule has 6 heteroatoms. The maximum absolute atomic E-state index is 11.2. The summed E-state index contributed by atoms with van der Waals surface area (Å²) in [5.41, 5.74) is 0.935. The van der Waals surface area contributed by atoms with Crippen molar-refractivity contribution in [2.45, 2.75) is 6.92 Å². The molecule has 1 fully saturated rings. The number of carbonyl (C=O) groups excluding carboxylic acids is 1. The van der Waals surface area contributed by atoms with Gasteiger partial charge in [-0.1, -0.05) is 0 Å². The standard InChI is InChI=1S/C12H15N3O3/c1-9(16)14-4-6-15(7-5-14)10-2-3-11(12(17)18)13-8-10/h2-3,8H,4-7H2,1H3,(H,17,18). The fourth-order valence-corrected chi connectivity index (χ4v) is 1.98. The number of carbonyl (C=O) groups is 2. The summed E-state index contributed by atoms with van der Waals surface area (Å²) >= 11 is 0. The second-order valence-corrected chi connectivity index (χ2v) is 4.20. The topological polar surface area (TPSA) is 73.7 Å². The summed E-state index contributed by atoms with van der Waals surface area (Å²) in [6, 6.07) is 3.24. The first kappa shape index (κ1) is 12.3. The summed E-state index contributed by atoms with van der Waals surface area (Å²) in [7, 11) is 0. The van der Waals surface area contributed by atoms with Gasteiger partial charge < -0.3 is 14.9 Å². The lowest BCUT2D eigenvalue weighted by atomic mass is 10.2. The van der Waals surface area contributed by atoms with Crippen LogP contribution in [0.25, 0.3) is 0 Å². The minimum atomic E-state index is -1.03. The first-order chi connectivity index (χ1) is 8.58. The van der Waals surface area contributed by atoms with Gasteiger partial charge in [-0.2, -0.15) is 0 Å². The van der Waals surface area contributed by atoms with E-state index in [9.17, 15) is 9.59 Å². The van der Waals surface area contributed by atoms with Crippen molar-refractivity contribution in [1.82, 2.24) is 9.88 Å². The van der Waals surface area contributed by atoms with Crippen molar-refractivity contribution in [3.05, 3.63) is 24.0 Å². The van der Waals surface area contributed by atoms with Crippen LogP contribution in [-0.2, 0) is 4.79 Å². The normalized spacial score (nSPS) is 15.6. The van der Waals surface area contributed by atoms with Crippen LogP contribution in [0, 0.1) is 0 Å². The monoisotopic (exact) mass is 249 g/mol. The van der Waals surface area contributed by atoms with E-state index in [1.165, 1.54) is 6.07 Å². The molecule has 0 atom stereocenters. The molecule has 2 heterocycles. The number of carboxylic acid groups (broad SMARTS) is 1. The highest BCUT2D eigenvalue weighted by atomic mass is 16.4. The molecule has 0 saturated carbocycles. The summed E-state index contributed by atoms with van der Waals surface area (Å²) in [6.07, 6.45) is 1.56. The highest BCUT2D eigenvalue weighted by Crippen LogP contribution is 2.15. The van der Waals surface area contributed by atoms with E-state index in [0.29, 0.717) is 13.1 Å². The number of anilines is 1. The van der Waals surface area contributed by atoms with E-state index in [1.807, 2.05) is 0 Å².